The molecule has 0 unspecified atom stereocenters. The Bertz CT molecular complexity index is 5470. The molecule has 0 saturated heterocycles. The van der Waals surface area contributed by atoms with Crippen LogP contribution in [0.1, 0.15) is 111 Å². The predicted octanol–water partition coefficient (Wildman–Crippen LogP) is 17.2. The molecule has 6 nitrogen and oxygen atoms in total. The summed E-state index contributed by atoms with van der Waals surface area (Å²) < 4.78 is 139. The van der Waals surface area contributed by atoms with Crippen LogP contribution in [0.15, 0.2) is 164 Å². The SMILES string of the molecule is Cc1cc2c3c(c1)N(c1cc(F)cc(F)c1)c1cc4c(cc1B3c1cc(C(C)(C)C)ccc1N2c1cc(F)cc(F)c1)B1c2cc(C(C)(C)C)cc3c2N2c5c(cc(C(C)(C)C)cc5B5c6cc(C(C)(C)C)ccc6N(c6cc(F)cc(F)c6)c6cc(c1c2c65)N4c1cc(F)cc(F)c1)O3. The summed E-state index contributed by atoms with van der Waals surface area (Å²) in [5.74, 6) is -5.36. The number of hydrogen-bond donors (Lipinski definition) is 0. The minimum absolute atomic E-state index is 0.101. The fraction of sp³-hybridized carbons (Fsp3) is 0.205. The highest BCUT2D eigenvalue weighted by Gasteiger charge is 2.56. The number of halogens is 8. The minimum Gasteiger partial charge on any atom is -0.453 e. The van der Waals surface area contributed by atoms with Crippen molar-refractivity contribution in [3.63, 3.8) is 0 Å². The van der Waals surface area contributed by atoms with Gasteiger partial charge >= 0.3 is 0 Å². The molecule has 0 radical (unpaired) electrons. The Labute approximate surface area is 577 Å². The van der Waals surface area contributed by atoms with Crippen LogP contribution in [0.2, 0.25) is 0 Å². The van der Waals surface area contributed by atoms with Crippen molar-refractivity contribution in [2.24, 2.45) is 0 Å². The molecule has 0 fully saturated rings. The van der Waals surface area contributed by atoms with Crippen LogP contribution in [-0.2, 0) is 21.7 Å². The molecule has 11 aromatic rings. The molecule has 7 heterocycles. The van der Waals surface area contributed by atoms with E-state index in [1.807, 2.05) is 69.0 Å². The van der Waals surface area contributed by atoms with Gasteiger partial charge in [-0.05, 0) is 203 Å². The lowest BCUT2D eigenvalue weighted by molar-refractivity contribution is 0.470. The van der Waals surface area contributed by atoms with E-state index in [9.17, 15) is 0 Å². The Morgan fingerprint density at radius 1 is 0.260 bits per heavy atom. The first-order valence-electron chi connectivity index (χ1n) is 34.0. The van der Waals surface area contributed by atoms with Crippen molar-refractivity contribution in [1.29, 1.82) is 0 Å². The molecule has 17 heteroatoms. The molecule has 0 spiro atoms. The highest BCUT2D eigenvalue weighted by molar-refractivity contribution is 7.06. The van der Waals surface area contributed by atoms with E-state index < -0.39 is 77.5 Å². The molecule has 0 aromatic heterocycles. The summed E-state index contributed by atoms with van der Waals surface area (Å²) >= 11 is 0. The van der Waals surface area contributed by atoms with Gasteiger partial charge in [0, 0.05) is 75.5 Å². The Morgan fingerprint density at radius 2 is 0.550 bits per heavy atom. The van der Waals surface area contributed by atoms with Crippen molar-refractivity contribution in [2.75, 3.05) is 24.5 Å². The molecule has 11 aromatic carbocycles. The number of nitrogens with zero attached hydrogens (tertiary/aromatic N) is 5. The third-order valence-corrected chi connectivity index (χ3v) is 21.5. The van der Waals surface area contributed by atoms with Gasteiger partial charge in [0.25, 0.3) is 20.1 Å². The van der Waals surface area contributed by atoms with Crippen LogP contribution in [0.25, 0.3) is 0 Å². The van der Waals surface area contributed by atoms with Gasteiger partial charge in [0.15, 0.2) is 11.5 Å². The van der Waals surface area contributed by atoms with Gasteiger partial charge in [0.1, 0.15) is 46.5 Å². The van der Waals surface area contributed by atoms with Crippen molar-refractivity contribution in [2.45, 2.75) is 112 Å². The third-order valence-electron chi connectivity index (χ3n) is 21.5. The van der Waals surface area contributed by atoms with Gasteiger partial charge in [-0.1, -0.05) is 126 Å². The van der Waals surface area contributed by atoms with Crippen LogP contribution in [0.3, 0.4) is 0 Å². The summed E-state index contributed by atoms with van der Waals surface area (Å²) in [6.07, 6.45) is 0. The zero-order chi connectivity index (χ0) is 69.9. The topological polar surface area (TPSA) is 25.4 Å². The molecule has 0 aliphatic carbocycles. The first-order chi connectivity index (χ1) is 47.2. The fourth-order valence-corrected chi connectivity index (χ4v) is 17.0. The normalized spacial score (nSPS) is 14.8. The number of benzene rings is 11. The lowest BCUT2D eigenvalue weighted by atomic mass is 9.27. The smallest absolute Gasteiger partial charge is 0.252 e. The number of anilines is 15. The van der Waals surface area contributed by atoms with Crippen molar-refractivity contribution in [3.05, 3.63) is 238 Å². The zero-order valence-corrected chi connectivity index (χ0v) is 57.5. The van der Waals surface area contributed by atoms with Gasteiger partial charge in [0.2, 0.25) is 0 Å². The molecule has 100 heavy (non-hydrogen) atoms. The van der Waals surface area contributed by atoms with Gasteiger partial charge < -0.3 is 29.2 Å². The molecule has 7 aliphatic heterocycles. The van der Waals surface area contributed by atoms with E-state index in [2.05, 4.69) is 137 Å². The molecule has 0 bridgehead atoms. The number of hydrogen-bond acceptors (Lipinski definition) is 6. The van der Waals surface area contributed by atoms with Gasteiger partial charge in [-0.3, -0.25) is 0 Å². The summed E-state index contributed by atoms with van der Waals surface area (Å²) in [4.78, 5) is 9.79. The average molecular weight is 1330 g/mol. The van der Waals surface area contributed by atoms with Crippen molar-refractivity contribution < 1.29 is 39.9 Å². The van der Waals surface area contributed by atoms with Gasteiger partial charge in [-0.2, -0.15) is 0 Å². The summed E-state index contributed by atoms with van der Waals surface area (Å²) in [5.41, 5.74) is 17.6. The Kier molecular flexibility index (Phi) is 12.7. The van der Waals surface area contributed by atoms with E-state index in [-0.39, 0.29) is 33.6 Å². The monoisotopic (exact) mass is 1330 g/mol. The van der Waals surface area contributed by atoms with Crippen molar-refractivity contribution in [3.8, 4) is 11.5 Å². The van der Waals surface area contributed by atoms with Crippen LogP contribution in [0, 0.1) is 53.5 Å². The second kappa shape index (κ2) is 20.5. The van der Waals surface area contributed by atoms with Crippen LogP contribution in [0.4, 0.5) is 120 Å². The molecular weight excluding hydrogens is 1270 g/mol. The highest BCUT2D eigenvalue weighted by Crippen LogP contribution is 2.58. The second-order valence-electron chi connectivity index (χ2n) is 32.2. The van der Waals surface area contributed by atoms with E-state index >= 15 is 35.1 Å². The minimum atomic E-state index is -0.860. The standard InChI is InChI=1S/C83H66B3F8N5O/c1-41-18-68-74-69(19-41)97(56-34-50(91)28-51(92)35-56)66-39-67-61(38-60(66)84(74)58-20-42(80(2,3)4)14-16-64(58)95(68)54-30-46(87)26-47(88)31-54)86-63-23-45(83(11,12)13)25-73-78(63)99-77-62(22-44(82(8,9)10)24-72(77)100-73)85-59-21-43(81(5,6)7)15-17-65(59)96(55-32-48(89)27-49(90)33-55)70-40-71(76(86)79(99)75(70)85)98(67)57-36-52(93)29-53(94)37-57/h14-40H,1-13H3. The first kappa shape index (κ1) is 62.1. The quantitative estimate of drug-likeness (QED) is 0.129. The first-order valence-corrected chi connectivity index (χ1v) is 34.0. The average Bonchev–Trinajstić information content (AvgIpc) is 0.657. The number of rotatable bonds is 4. The predicted molar refractivity (Wildman–Crippen MR) is 393 cm³/mol. The van der Waals surface area contributed by atoms with Crippen LogP contribution in [-0.4, -0.2) is 20.1 Å². The number of aryl methyl sites for hydroxylation is 1. The van der Waals surface area contributed by atoms with Crippen LogP contribution < -0.4 is 78.4 Å². The van der Waals surface area contributed by atoms with Gasteiger partial charge in [0.05, 0.1) is 34.1 Å². The molecule has 7 aliphatic rings. The Balaban J connectivity index is 1.03. The van der Waals surface area contributed by atoms with Crippen LogP contribution >= 0.6 is 0 Å². The van der Waals surface area contributed by atoms with Gasteiger partial charge in [-0.15, -0.1) is 0 Å². The fourth-order valence-electron chi connectivity index (χ4n) is 17.0. The lowest BCUT2D eigenvalue weighted by Gasteiger charge is -2.53. The molecular formula is C83H66B3F8N5O. The molecule has 0 N–H and O–H groups in total. The molecule has 0 saturated carbocycles. The maximum Gasteiger partial charge on any atom is 0.252 e. The van der Waals surface area contributed by atoms with E-state index in [4.69, 9.17) is 4.74 Å². The summed E-state index contributed by atoms with van der Waals surface area (Å²) in [7, 11) is 0. The number of ether oxygens (including phenoxy) is 1. The maximum atomic E-state index is 16.8. The second-order valence-corrected chi connectivity index (χ2v) is 32.2. The molecule has 0 atom stereocenters. The molecule has 494 valence electrons. The van der Waals surface area contributed by atoms with E-state index in [0.29, 0.717) is 78.9 Å². The number of fused-ring (bicyclic) bond motifs is 10. The maximum absolute atomic E-state index is 16.8. The van der Waals surface area contributed by atoms with E-state index in [0.717, 1.165) is 96.4 Å². The van der Waals surface area contributed by atoms with Gasteiger partial charge in [-0.25, -0.2) is 35.1 Å². The van der Waals surface area contributed by atoms with Crippen molar-refractivity contribution >= 4 is 155 Å². The third kappa shape index (κ3) is 8.97. The molecule has 0 amide bonds. The van der Waals surface area contributed by atoms with Crippen LogP contribution in [0.5, 0.6) is 11.5 Å². The Hall–Kier alpha value is -10.1. The lowest BCUT2D eigenvalue weighted by Crippen LogP contribution is -2.70. The summed E-state index contributed by atoms with van der Waals surface area (Å²) in [5, 5.41) is 0. The van der Waals surface area contributed by atoms with E-state index in [1.165, 1.54) is 48.5 Å². The summed E-state index contributed by atoms with van der Waals surface area (Å²) in [6.45, 7) is 25.7. The van der Waals surface area contributed by atoms with Crippen molar-refractivity contribution in [1.82, 2.24) is 0 Å². The summed E-state index contributed by atoms with van der Waals surface area (Å²) in [6, 6.07) is 45.1. The Morgan fingerprint density at radius 3 is 0.890 bits per heavy atom. The zero-order valence-electron chi connectivity index (χ0n) is 57.5. The van der Waals surface area contributed by atoms with E-state index in [1.54, 1.807) is 0 Å². The largest absolute Gasteiger partial charge is 0.453 e. The highest BCUT2D eigenvalue weighted by atomic mass is 19.2. The molecule has 18 rings (SSSR count).